The number of hydrogen-bond acceptors (Lipinski definition) is 0. The van der Waals surface area contributed by atoms with E-state index in [1.54, 1.807) is 6.92 Å². The molecule has 0 spiro atoms. The largest absolute Gasteiger partial charge is 0.121 e. The van der Waals surface area contributed by atoms with Gasteiger partial charge >= 0.3 is 0 Å². The molecule has 0 fully saturated rings. The third-order valence-electron chi connectivity index (χ3n) is 0.310. The quantitative estimate of drug-likeness (QED) is 0.470. The van der Waals surface area contributed by atoms with Crippen LogP contribution in [-0.2, 0) is 0 Å². The molecule has 0 aromatic rings. The Hall–Kier alpha value is 0.320. The van der Waals surface area contributed by atoms with E-state index in [1.807, 2.05) is 0 Å². The first-order valence-corrected chi connectivity index (χ1v) is 2.47. The van der Waals surface area contributed by atoms with E-state index in [-0.39, 0.29) is 0 Å². The molecule has 1 radical (unpaired) electrons. The van der Waals surface area contributed by atoms with Crippen molar-refractivity contribution in [1.29, 1.82) is 0 Å². The van der Waals surface area contributed by atoms with Crippen molar-refractivity contribution in [3.63, 3.8) is 0 Å². The highest BCUT2D eigenvalue weighted by atomic mass is 35.5. The lowest BCUT2D eigenvalue weighted by Gasteiger charge is -1.74. The SMILES string of the molecule is CC(Cl)=[C]CCl. The van der Waals surface area contributed by atoms with Gasteiger partial charge in [0.25, 0.3) is 0 Å². The Labute approximate surface area is 47.8 Å². The van der Waals surface area contributed by atoms with Crippen LogP contribution in [0.2, 0.25) is 0 Å². The second-order valence-electron chi connectivity index (χ2n) is 0.844. The average Bonchev–Trinajstić information content (AvgIpc) is 1.35. The number of halogens is 2. The van der Waals surface area contributed by atoms with Gasteiger partial charge in [0, 0.05) is 10.9 Å². The molecule has 0 heterocycles. The maximum Gasteiger partial charge on any atom is 0.0489 e. The molecular formula is C4H5Cl2. The Kier molecular flexibility index (Phi) is 3.70. The Morgan fingerprint density at radius 1 is 1.83 bits per heavy atom. The van der Waals surface area contributed by atoms with E-state index in [1.165, 1.54) is 0 Å². The maximum atomic E-state index is 5.30. The van der Waals surface area contributed by atoms with Gasteiger partial charge in [0.1, 0.15) is 0 Å². The van der Waals surface area contributed by atoms with Gasteiger partial charge in [-0.15, -0.1) is 11.6 Å². The molecule has 0 saturated heterocycles. The van der Waals surface area contributed by atoms with Crippen molar-refractivity contribution < 1.29 is 0 Å². The van der Waals surface area contributed by atoms with Crippen LogP contribution in [0.25, 0.3) is 0 Å². The molecule has 0 aromatic carbocycles. The van der Waals surface area contributed by atoms with Gasteiger partial charge < -0.3 is 0 Å². The monoisotopic (exact) mass is 123 g/mol. The molecule has 0 atom stereocenters. The minimum atomic E-state index is 0.384. The smallest absolute Gasteiger partial charge is 0.0489 e. The molecule has 0 amide bonds. The Morgan fingerprint density at radius 3 is 2.33 bits per heavy atom. The van der Waals surface area contributed by atoms with E-state index in [9.17, 15) is 0 Å². The van der Waals surface area contributed by atoms with Gasteiger partial charge in [-0.3, -0.25) is 0 Å². The van der Waals surface area contributed by atoms with Crippen LogP contribution in [-0.4, -0.2) is 5.88 Å². The number of allylic oxidation sites excluding steroid dienone is 2. The summed E-state index contributed by atoms with van der Waals surface area (Å²) in [6, 6.07) is 0. The minimum Gasteiger partial charge on any atom is -0.121 e. The van der Waals surface area contributed by atoms with Gasteiger partial charge in [0.15, 0.2) is 0 Å². The molecule has 0 unspecified atom stereocenters. The van der Waals surface area contributed by atoms with E-state index >= 15 is 0 Å². The van der Waals surface area contributed by atoms with Gasteiger partial charge in [0.2, 0.25) is 0 Å². The average molecular weight is 124 g/mol. The van der Waals surface area contributed by atoms with Crippen LogP contribution in [0, 0.1) is 6.08 Å². The molecule has 0 N–H and O–H groups in total. The topological polar surface area (TPSA) is 0 Å². The van der Waals surface area contributed by atoms with Gasteiger partial charge in [0.05, 0.1) is 0 Å². The second kappa shape index (κ2) is 3.51. The lowest BCUT2D eigenvalue weighted by Crippen LogP contribution is -1.61. The van der Waals surface area contributed by atoms with Crippen LogP contribution in [0.5, 0.6) is 0 Å². The summed E-state index contributed by atoms with van der Waals surface area (Å²) in [5, 5.41) is 0.630. The predicted molar refractivity (Wildman–Crippen MR) is 29.0 cm³/mol. The molecule has 0 aliphatic carbocycles. The van der Waals surface area contributed by atoms with E-state index < -0.39 is 0 Å². The first-order chi connectivity index (χ1) is 2.77. The van der Waals surface area contributed by atoms with E-state index in [0.717, 1.165) is 0 Å². The minimum absolute atomic E-state index is 0.384. The molecule has 2 heteroatoms. The lowest BCUT2D eigenvalue weighted by atomic mass is 10.6. The highest BCUT2D eigenvalue weighted by Crippen LogP contribution is 1.95. The Morgan fingerprint density at radius 2 is 2.33 bits per heavy atom. The second-order valence-corrected chi connectivity index (χ2v) is 1.68. The van der Waals surface area contributed by atoms with Crippen molar-refractivity contribution in [1.82, 2.24) is 0 Å². The lowest BCUT2D eigenvalue weighted by molar-refractivity contribution is 1.53. The molecule has 0 nitrogen and oxygen atoms in total. The third kappa shape index (κ3) is 4.32. The summed E-state index contributed by atoms with van der Waals surface area (Å²) in [5.41, 5.74) is 0. The molecule has 0 saturated carbocycles. The summed E-state index contributed by atoms with van der Waals surface area (Å²) in [4.78, 5) is 0. The molecule has 0 bridgehead atoms. The van der Waals surface area contributed by atoms with Crippen LogP contribution >= 0.6 is 23.2 Å². The third-order valence-corrected chi connectivity index (χ3v) is 0.578. The zero-order valence-corrected chi connectivity index (χ0v) is 4.97. The van der Waals surface area contributed by atoms with Crippen LogP contribution in [0.1, 0.15) is 6.92 Å². The zero-order chi connectivity index (χ0) is 4.99. The molecule has 35 valence electrons. The van der Waals surface area contributed by atoms with Crippen LogP contribution in [0.4, 0.5) is 0 Å². The number of rotatable bonds is 1. The van der Waals surface area contributed by atoms with E-state index in [2.05, 4.69) is 6.08 Å². The van der Waals surface area contributed by atoms with Crippen LogP contribution < -0.4 is 0 Å². The highest BCUT2D eigenvalue weighted by molar-refractivity contribution is 6.29. The van der Waals surface area contributed by atoms with Crippen molar-refractivity contribution in [2.24, 2.45) is 0 Å². The summed E-state index contributed by atoms with van der Waals surface area (Å²) in [5.74, 6) is 0.384. The fourth-order valence-corrected chi connectivity index (χ4v) is 0.428. The van der Waals surface area contributed by atoms with E-state index in [4.69, 9.17) is 23.2 Å². The summed E-state index contributed by atoms with van der Waals surface area (Å²) < 4.78 is 0. The normalized spacial score (nSPS) is 12.2. The van der Waals surface area contributed by atoms with Gasteiger partial charge in [-0.1, -0.05) is 11.6 Å². The summed E-state index contributed by atoms with van der Waals surface area (Å²) >= 11 is 10.5. The summed E-state index contributed by atoms with van der Waals surface area (Å²) in [6.07, 6.45) is 2.66. The molecule has 0 aliphatic heterocycles. The van der Waals surface area contributed by atoms with Crippen molar-refractivity contribution in [2.75, 3.05) is 5.88 Å². The van der Waals surface area contributed by atoms with Gasteiger partial charge in [-0.25, -0.2) is 0 Å². The fraction of sp³-hybridized carbons (Fsp3) is 0.500. The van der Waals surface area contributed by atoms with Crippen molar-refractivity contribution >= 4 is 23.2 Å². The van der Waals surface area contributed by atoms with Crippen molar-refractivity contribution in [3.8, 4) is 0 Å². The molecular weight excluding hydrogens is 119 g/mol. The fourth-order valence-electron chi connectivity index (χ4n) is 0.0921. The first kappa shape index (κ1) is 6.32. The molecule has 0 aromatic heterocycles. The number of alkyl halides is 1. The zero-order valence-electron chi connectivity index (χ0n) is 3.46. The van der Waals surface area contributed by atoms with Gasteiger partial charge in [-0.05, 0) is 13.0 Å². The standard InChI is InChI=1S/C4H5Cl2/c1-4(6)2-3-5/h3H2,1H3. The summed E-state index contributed by atoms with van der Waals surface area (Å²) in [6.45, 7) is 1.74. The number of hydrogen-bond donors (Lipinski definition) is 0. The molecule has 6 heavy (non-hydrogen) atoms. The summed E-state index contributed by atoms with van der Waals surface area (Å²) in [7, 11) is 0. The highest BCUT2D eigenvalue weighted by Gasteiger charge is 1.73. The predicted octanol–water partition coefficient (Wildman–Crippen LogP) is 2.17. The van der Waals surface area contributed by atoms with Gasteiger partial charge in [-0.2, -0.15) is 0 Å². The molecule has 0 rings (SSSR count). The molecule has 0 aliphatic rings. The van der Waals surface area contributed by atoms with Crippen molar-refractivity contribution in [2.45, 2.75) is 6.92 Å². The maximum absolute atomic E-state index is 5.30. The first-order valence-electron chi connectivity index (χ1n) is 1.56. The Balaban J connectivity index is 3.14. The van der Waals surface area contributed by atoms with Crippen LogP contribution in [0.3, 0.4) is 0 Å². The van der Waals surface area contributed by atoms with E-state index in [0.29, 0.717) is 10.9 Å². The van der Waals surface area contributed by atoms with Crippen molar-refractivity contribution in [3.05, 3.63) is 11.1 Å². The van der Waals surface area contributed by atoms with Crippen LogP contribution in [0.15, 0.2) is 5.03 Å². The Bertz CT molecular complexity index is 52.6.